The van der Waals surface area contributed by atoms with Crippen LogP contribution in [0.3, 0.4) is 0 Å². The van der Waals surface area contributed by atoms with Gasteiger partial charge in [0, 0.05) is 30.7 Å². The first kappa shape index (κ1) is 19.1. The summed E-state index contributed by atoms with van der Waals surface area (Å²) in [4.78, 5) is 0. The molecule has 1 aromatic heterocycles. The molecule has 142 valence electrons. The van der Waals surface area contributed by atoms with Crippen LogP contribution in [-0.2, 0) is 14.8 Å². The van der Waals surface area contributed by atoms with Crippen molar-refractivity contribution >= 4 is 21.6 Å². The molecule has 26 heavy (non-hydrogen) atoms. The lowest BCUT2D eigenvalue weighted by molar-refractivity contribution is 0.00894. The lowest BCUT2D eigenvalue weighted by Crippen LogP contribution is -2.37. The van der Waals surface area contributed by atoms with Gasteiger partial charge < -0.3 is 9.47 Å². The molecular formula is C16H19ClFN3O4S. The SMILES string of the molecule is NS(=O)(=O)C[C@H]1COCC[C@@H]1COc1ccc(-n2cc(Cl)cn2)cc1F. The van der Waals surface area contributed by atoms with Gasteiger partial charge in [0.1, 0.15) is 0 Å². The zero-order chi connectivity index (χ0) is 18.7. The van der Waals surface area contributed by atoms with E-state index in [2.05, 4.69) is 5.10 Å². The predicted molar refractivity (Wildman–Crippen MR) is 94.4 cm³/mol. The molecule has 1 aromatic carbocycles. The number of aromatic nitrogens is 2. The van der Waals surface area contributed by atoms with E-state index >= 15 is 0 Å². The normalized spacial score (nSPS) is 20.9. The smallest absolute Gasteiger partial charge is 0.209 e. The maximum Gasteiger partial charge on any atom is 0.209 e. The van der Waals surface area contributed by atoms with E-state index in [4.69, 9.17) is 26.2 Å². The van der Waals surface area contributed by atoms with Crippen LogP contribution < -0.4 is 9.88 Å². The molecule has 1 fully saturated rings. The molecule has 0 amide bonds. The Morgan fingerprint density at radius 3 is 2.88 bits per heavy atom. The number of rotatable bonds is 6. The summed E-state index contributed by atoms with van der Waals surface area (Å²) in [5.41, 5.74) is 0.514. The summed E-state index contributed by atoms with van der Waals surface area (Å²) in [6.07, 6.45) is 3.66. The molecule has 0 unspecified atom stereocenters. The molecule has 0 bridgehead atoms. The maximum atomic E-state index is 14.3. The highest BCUT2D eigenvalue weighted by Crippen LogP contribution is 2.26. The van der Waals surface area contributed by atoms with E-state index in [1.807, 2.05) is 0 Å². The number of hydrogen-bond acceptors (Lipinski definition) is 5. The lowest BCUT2D eigenvalue weighted by atomic mass is 9.90. The van der Waals surface area contributed by atoms with Gasteiger partial charge in [0.15, 0.2) is 11.6 Å². The van der Waals surface area contributed by atoms with Gasteiger partial charge in [-0.25, -0.2) is 22.6 Å². The zero-order valence-electron chi connectivity index (χ0n) is 13.8. The Hall–Kier alpha value is -1.68. The summed E-state index contributed by atoms with van der Waals surface area (Å²) in [7, 11) is -3.61. The van der Waals surface area contributed by atoms with Crippen LogP contribution in [0, 0.1) is 17.7 Å². The van der Waals surface area contributed by atoms with E-state index in [-0.39, 0.29) is 29.9 Å². The molecule has 0 saturated carbocycles. The number of nitrogens with two attached hydrogens (primary N) is 1. The van der Waals surface area contributed by atoms with Crippen LogP contribution in [0.25, 0.3) is 5.69 Å². The molecule has 2 N–H and O–H groups in total. The quantitative estimate of drug-likeness (QED) is 0.795. The summed E-state index contributed by atoms with van der Waals surface area (Å²) in [5.74, 6) is -0.974. The minimum absolute atomic E-state index is 0.0777. The molecule has 1 aliphatic rings. The molecular weight excluding hydrogens is 385 g/mol. The number of hydrogen-bond donors (Lipinski definition) is 1. The highest BCUT2D eigenvalue weighted by atomic mass is 35.5. The van der Waals surface area contributed by atoms with Crippen molar-refractivity contribution in [3.63, 3.8) is 0 Å². The lowest BCUT2D eigenvalue weighted by Gasteiger charge is -2.30. The van der Waals surface area contributed by atoms with Crippen molar-refractivity contribution in [3.05, 3.63) is 41.4 Å². The van der Waals surface area contributed by atoms with Gasteiger partial charge in [-0.05, 0) is 18.6 Å². The average Bonchev–Trinajstić information content (AvgIpc) is 3.00. The van der Waals surface area contributed by atoms with Gasteiger partial charge in [0.2, 0.25) is 10.0 Å². The number of halogens is 2. The Morgan fingerprint density at radius 1 is 1.42 bits per heavy atom. The Kier molecular flexibility index (Phi) is 5.81. The van der Waals surface area contributed by atoms with Crippen molar-refractivity contribution in [3.8, 4) is 11.4 Å². The molecule has 1 aliphatic heterocycles. The third kappa shape index (κ3) is 4.94. The predicted octanol–water partition coefficient (Wildman–Crippen LogP) is 1.98. The fourth-order valence-corrected chi connectivity index (χ4v) is 4.03. The van der Waals surface area contributed by atoms with E-state index in [0.29, 0.717) is 30.3 Å². The van der Waals surface area contributed by atoms with Crippen LogP contribution in [0.4, 0.5) is 4.39 Å². The Balaban J connectivity index is 1.66. The summed E-state index contributed by atoms with van der Waals surface area (Å²) in [6.45, 7) is 0.996. The van der Waals surface area contributed by atoms with Crippen LogP contribution in [0.1, 0.15) is 6.42 Å². The molecule has 2 heterocycles. The largest absolute Gasteiger partial charge is 0.490 e. The minimum Gasteiger partial charge on any atom is -0.490 e. The molecule has 0 spiro atoms. The summed E-state index contributed by atoms with van der Waals surface area (Å²) in [5, 5.41) is 9.60. The highest BCUT2D eigenvalue weighted by molar-refractivity contribution is 7.89. The van der Waals surface area contributed by atoms with Crippen LogP contribution in [0.5, 0.6) is 5.75 Å². The zero-order valence-corrected chi connectivity index (χ0v) is 15.4. The summed E-state index contributed by atoms with van der Waals surface area (Å²) >= 11 is 5.81. The fourth-order valence-electron chi connectivity index (χ4n) is 2.93. The van der Waals surface area contributed by atoms with E-state index in [1.54, 1.807) is 12.3 Å². The fraction of sp³-hybridized carbons (Fsp3) is 0.438. The number of benzene rings is 1. The molecule has 3 rings (SSSR count). The number of nitrogens with zero attached hydrogens (tertiary/aromatic N) is 2. The minimum atomic E-state index is -3.61. The van der Waals surface area contributed by atoms with Gasteiger partial charge in [-0.2, -0.15) is 5.10 Å². The third-order valence-corrected chi connectivity index (χ3v) is 5.35. The standard InChI is InChI=1S/C16H19ClFN3O4S/c17-13-6-20-21(7-13)14-1-2-16(15(18)5-14)25-9-11-3-4-24-8-12(11)10-26(19,22)23/h1-2,5-7,11-12H,3-4,8-10H2,(H2,19,22,23)/t11-,12-/m1/s1. The van der Waals surface area contributed by atoms with Gasteiger partial charge in [-0.3, -0.25) is 0 Å². The molecule has 10 heteroatoms. The van der Waals surface area contributed by atoms with Crippen molar-refractivity contribution in [1.29, 1.82) is 0 Å². The van der Waals surface area contributed by atoms with Gasteiger partial charge in [0.05, 0.1) is 35.9 Å². The number of ether oxygens (including phenoxy) is 2. The van der Waals surface area contributed by atoms with Gasteiger partial charge in [-0.1, -0.05) is 11.6 Å². The van der Waals surface area contributed by atoms with Gasteiger partial charge >= 0.3 is 0 Å². The first-order valence-corrected chi connectivity index (χ1v) is 10.1. The molecule has 0 radical (unpaired) electrons. The van der Waals surface area contributed by atoms with Gasteiger partial charge in [0.25, 0.3) is 0 Å². The van der Waals surface area contributed by atoms with E-state index in [0.717, 1.165) is 0 Å². The Labute approximate surface area is 155 Å². The van der Waals surface area contributed by atoms with Crippen LogP contribution >= 0.6 is 11.6 Å². The first-order chi connectivity index (χ1) is 12.3. The molecule has 2 atom stereocenters. The second-order valence-corrected chi connectivity index (χ2v) is 8.34. The Morgan fingerprint density at radius 2 is 2.23 bits per heavy atom. The van der Waals surface area contributed by atoms with E-state index in [9.17, 15) is 12.8 Å². The molecule has 0 aliphatic carbocycles. The topological polar surface area (TPSA) is 96.4 Å². The summed E-state index contributed by atoms with van der Waals surface area (Å²) in [6, 6.07) is 4.46. The van der Waals surface area contributed by atoms with Crippen molar-refractivity contribution < 1.29 is 22.3 Å². The molecule has 7 nitrogen and oxygen atoms in total. The maximum absolute atomic E-state index is 14.3. The van der Waals surface area contributed by atoms with Crippen molar-refractivity contribution in [2.75, 3.05) is 25.6 Å². The van der Waals surface area contributed by atoms with Crippen LogP contribution in [0.2, 0.25) is 5.02 Å². The van der Waals surface area contributed by atoms with Crippen LogP contribution in [0.15, 0.2) is 30.6 Å². The van der Waals surface area contributed by atoms with Crippen molar-refractivity contribution in [2.45, 2.75) is 6.42 Å². The number of primary sulfonamides is 1. The van der Waals surface area contributed by atoms with E-state index in [1.165, 1.54) is 23.0 Å². The molecule has 1 saturated heterocycles. The summed E-state index contributed by atoms with van der Waals surface area (Å²) < 4.78 is 49.4. The molecule has 2 aromatic rings. The van der Waals surface area contributed by atoms with Crippen LogP contribution in [-0.4, -0.2) is 43.8 Å². The monoisotopic (exact) mass is 403 g/mol. The number of sulfonamides is 1. The van der Waals surface area contributed by atoms with Crippen molar-refractivity contribution in [1.82, 2.24) is 9.78 Å². The average molecular weight is 404 g/mol. The third-order valence-electron chi connectivity index (χ3n) is 4.26. The Bertz CT molecular complexity index is 874. The van der Waals surface area contributed by atoms with Crippen molar-refractivity contribution in [2.24, 2.45) is 17.0 Å². The second kappa shape index (κ2) is 7.91. The van der Waals surface area contributed by atoms with Gasteiger partial charge in [-0.15, -0.1) is 0 Å². The van der Waals surface area contributed by atoms with E-state index < -0.39 is 15.8 Å². The first-order valence-electron chi connectivity index (χ1n) is 8.03. The highest BCUT2D eigenvalue weighted by Gasteiger charge is 2.29. The second-order valence-electron chi connectivity index (χ2n) is 6.24.